The summed E-state index contributed by atoms with van der Waals surface area (Å²) >= 11 is 3.62. The third-order valence-corrected chi connectivity index (χ3v) is 3.83. The highest BCUT2D eigenvalue weighted by Crippen LogP contribution is 2.20. The van der Waals surface area contributed by atoms with Gasteiger partial charge in [-0.3, -0.25) is 0 Å². The molecule has 0 aromatic heterocycles. The van der Waals surface area contributed by atoms with Crippen molar-refractivity contribution in [3.8, 4) is 0 Å². The van der Waals surface area contributed by atoms with Crippen LogP contribution in [0.5, 0.6) is 0 Å². The summed E-state index contributed by atoms with van der Waals surface area (Å²) in [5, 5.41) is 3.51. The second-order valence-corrected chi connectivity index (χ2v) is 5.50. The lowest BCUT2D eigenvalue weighted by molar-refractivity contribution is 0.176. The Kier molecular flexibility index (Phi) is 8.31. The normalized spacial score (nSPS) is 12.6. The monoisotopic (exact) mass is 313 g/mol. The van der Waals surface area contributed by atoms with E-state index in [1.807, 2.05) is 0 Å². The molecule has 1 unspecified atom stereocenters. The van der Waals surface area contributed by atoms with Crippen molar-refractivity contribution in [3.63, 3.8) is 0 Å². The summed E-state index contributed by atoms with van der Waals surface area (Å²) in [5.74, 6) is 0.634. The minimum atomic E-state index is 0.634. The first-order chi connectivity index (χ1) is 8.77. The van der Waals surface area contributed by atoms with E-state index in [-0.39, 0.29) is 0 Å². The molecule has 102 valence electrons. The summed E-state index contributed by atoms with van der Waals surface area (Å²) in [5.41, 5.74) is 1.39. The fraction of sp³-hybridized carbons (Fsp3) is 0.600. The van der Waals surface area contributed by atoms with Crippen molar-refractivity contribution in [2.24, 2.45) is 5.92 Å². The first-order valence-electron chi connectivity index (χ1n) is 6.71. The average Bonchev–Trinajstić information content (AvgIpc) is 2.38. The number of rotatable bonds is 9. The summed E-state index contributed by atoms with van der Waals surface area (Å²) in [6.45, 7) is 5.20. The standard InChI is InChI=1S/C15H24BrNO/c1-3-9-17-12-13(8-10-18-2)11-14-6-4-5-7-15(14)16/h4-7,13,17H,3,8-12H2,1-2H3. The maximum Gasteiger partial charge on any atom is 0.0465 e. The molecule has 1 N–H and O–H groups in total. The molecule has 0 amide bonds. The largest absolute Gasteiger partial charge is 0.385 e. The van der Waals surface area contributed by atoms with E-state index >= 15 is 0 Å². The minimum absolute atomic E-state index is 0.634. The van der Waals surface area contributed by atoms with E-state index in [0.717, 1.165) is 32.5 Å². The number of methoxy groups -OCH3 is 1. The lowest BCUT2D eigenvalue weighted by atomic mass is 9.96. The van der Waals surface area contributed by atoms with Gasteiger partial charge in [-0.15, -0.1) is 0 Å². The molecule has 18 heavy (non-hydrogen) atoms. The van der Waals surface area contributed by atoms with Crippen molar-refractivity contribution in [2.75, 3.05) is 26.8 Å². The van der Waals surface area contributed by atoms with Crippen LogP contribution in [0.15, 0.2) is 28.7 Å². The molecule has 0 aliphatic rings. The smallest absolute Gasteiger partial charge is 0.0465 e. The molecule has 1 atom stereocenters. The van der Waals surface area contributed by atoms with Crippen LogP contribution in [0.4, 0.5) is 0 Å². The van der Waals surface area contributed by atoms with Crippen LogP contribution in [0.25, 0.3) is 0 Å². The molecule has 0 heterocycles. The van der Waals surface area contributed by atoms with Gasteiger partial charge in [-0.05, 0) is 49.9 Å². The molecular weight excluding hydrogens is 290 g/mol. The third-order valence-electron chi connectivity index (χ3n) is 3.06. The summed E-state index contributed by atoms with van der Waals surface area (Å²) in [6.07, 6.45) is 3.39. The van der Waals surface area contributed by atoms with Crippen molar-refractivity contribution < 1.29 is 4.74 Å². The van der Waals surface area contributed by atoms with E-state index in [1.165, 1.54) is 16.5 Å². The Morgan fingerprint density at radius 1 is 1.33 bits per heavy atom. The lowest BCUT2D eigenvalue weighted by Gasteiger charge is -2.18. The van der Waals surface area contributed by atoms with Crippen LogP contribution < -0.4 is 5.32 Å². The molecule has 0 saturated carbocycles. The molecule has 2 nitrogen and oxygen atoms in total. The average molecular weight is 314 g/mol. The predicted octanol–water partition coefficient (Wildman–Crippen LogP) is 3.64. The number of halogens is 1. The molecule has 1 rings (SSSR count). The Balaban J connectivity index is 2.51. The van der Waals surface area contributed by atoms with Crippen molar-refractivity contribution in [1.82, 2.24) is 5.32 Å². The van der Waals surface area contributed by atoms with E-state index in [4.69, 9.17) is 4.74 Å². The molecule has 0 bridgehead atoms. The van der Waals surface area contributed by atoms with Gasteiger partial charge >= 0.3 is 0 Å². The van der Waals surface area contributed by atoms with E-state index in [2.05, 4.69) is 52.4 Å². The van der Waals surface area contributed by atoms with E-state index in [0.29, 0.717) is 5.92 Å². The van der Waals surface area contributed by atoms with Gasteiger partial charge in [-0.1, -0.05) is 41.1 Å². The van der Waals surface area contributed by atoms with Gasteiger partial charge in [0.25, 0.3) is 0 Å². The highest BCUT2D eigenvalue weighted by atomic mass is 79.9. The van der Waals surface area contributed by atoms with Crippen molar-refractivity contribution in [3.05, 3.63) is 34.3 Å². The summed E-state index contributed by atoms with van der Waals surface area (Å²) in [6, 6.07) is 8.48. The van der Waals surface area contributed by atoms with Gasteiger partial charge in [0.2, 0.25) is 0 Å². The number of benzene rings is 1. The summed E-state index contributed by atoms with van der Waals surface area (Å²) < 4.78 is 6.42. The van der Waals surface area contributed by atoms with Gasteiger partial charge < -0.3 is 10.1 Å². The van der Waals surface area contributed by atoms with Crippen LogP contribution >= 0.6 is 15.9 Å². The molecule has 0 spiro atoms. The molecular formula is C15H24BrNO. The van der Waals surface area contributed by atoms with E-state index in [1.54, 1.807) is 7.11 Å². The van der Waals surface area contributed by atoms with Gasteiger partial charge in [0.15, 0.2) is 0 Å². The quantitative estimate of drug-likeness (QED) is 0.703. The molecule has 0 aliphatic carbocycles. The molecule has 1 aromatic carbocycles. The zero-order chi connectivity index (χ0) is 13.2. The zero-order valence-electron chi connectivity index (χ0n) is 11.4. The van der Waals surface area contributed by atoms with Gasteiger partial charge in [0.05, 0.1) is 0 Å². The van der Waals surface area contributed by atoms with E-state index in [9.17, 15) is 0 Å². The van der Waals surface area contributed by atoms with Crippen LogP contribution in [0.1, 0.15) is 25.3 Å². The number of hydrogen-bond donors (Lipinski definition) is 1. The Bertz CT molecular complexity index is 330. The van der Waals surface area contributed by atoms with Crippen LogP contribution in [0.3, 0.4) is 0 Å². The topological polar surface area (TPSA) is 21.3 Å². The fourth-order valence-electron chi connectivity index (χ4n) is 2.02. The molecule has 0 saturated heterocycles. The zero-order valence-corrected chi connectivity index (χ0v) is 13.0. The number of hydrogen-bond acceptors (Lipinski definition) is 2. The van der Waals surface area contributed by atoms with Crippen LogP contribution in [0, 0.1) is 5.92 Å². The van der Waals surface area contributed by atoms with Crippen molar-refractivity contribution in [2.45, 2.75) is 26.2 Å². The highest BCUT2D eigenvalue weighted by molar-refractivity contribution is 9.10. The van der Waals surface area contributed by atoms with Crippen molar-refractivity contribution >= 4 is 15.9 Å². The molecule has 0 fully saturated rings. The second kappa shape index (κ2) is 9.54. The van der Waals surface area contributed by atoms with Crippen LogP contribution in [0.2, 0.25) is 0 Å². The van der Waals surface area contributed by atoms with Gasteiger partial charge in [0.1, 0.15) is 0 Å². The lowest BCUT2D eigenvalue weighted by Crippen LogP contribution is -2.26. The minimum Gasteiger partial charge on any atom is -0.385 e. The first kappa shape index (κ1) is 15.7. The first-order valence-corrected chi connectivity index (χ1v) is 7.50. The molecule has 1 aromatic rings. The fourth-order valence-corrected chi connectivity index (χ4v) is 2.47. The van der Waals surface area contributed by atoms with Gasteiger partial charge in [0, 0.05) is 18.2 Å². The van der Waals surface area contributed by atoms with Crippen molar-refractivity contribution in [1.29, 1.82) is 0 Å². The number of nitrogens with one attached hydrogen (secondary N) is 1. The maximum atomic E-state index is 5.21. The molecule has 0 aliphatic heterocycles. The highest BCUT2D eigenvalue weighted by Gasteiger charge is 2.11. The summed E-state index contributed by atoms with van der Waals surface area (Å²) in [7, 11) is 1.77. The maximum absolute atomic E-state index is 5.21. The Hall–Kier alpha value is -0.380. The summed E-state index contributed by atoms with van der Waals surface area (Å²) in [4.78, 5) is 0. The number of ether oxygens (including phenoxy) is 1. The molecule has 0 radical (unpaired) electrons. The van der Waals surface area contributed by atoms with Crippen LogP contribution in [-0.4, -0.2) is 26.8 Å². The second-order valence-electron chi connectivity index (χ2n) is 4.65. The Morgan fingerprint density at radius 2 is 2.11 bits per heavy atom. The van der Waals surface area contributed by atoms with E-state index < -0.39 is 0 Å². The van der Waals surface area contributed by atoms with Gasteiger partial charge in [-0.25, -0.2) is 0 Å². The Labute approximate surface area is 119 Å². The van der Waals surface area contributed by atoms with Gasteiger partial charge in [-0.2, -0.15) is 0 Å². The SMILES string of the molecule is CCCNCC(CCOC)Cc1ccccc1Br. The predicted molar refractivity (Wildman–Crippen MR) is 81.0 cm³/mol. The Morgan fingerprint density at radius 3 is 2.78 bits per heavy atom. The molecule has 3 heteroatoms. The van der Waals surface area contributed by atoms with Crippen LogP contribution in [-0.2, 0) is 11.2 Å². The third kappa shape index (κ3) is 5.98.